The van der Waals surface area contributed by atoms with Gasteiger partial charge in [0.2, 0.25) is 10.0 Å². The number of hydrazone groups is 1. The van der Waals surface area contributed by atoms with Crippen LogP contribution in [0.1, 0.15) is 16.7 Å². The van der Waals surface area contributed by atoms with Crippen LogP contribution < -0.4 is 20.8 Å². The Bertz CT molecular complexity index is 1350. The fourth-order valence-corrected chi connectivity index (χ4v) is 4.13. The minimum Gasteiger partial charge on any atom is -0.331 e. The normalized spacial score (nSPS) is 14.3. The molecule has 0 bridgehead atoms. The molecule has 1 aliphatic rings. The summed E-state index contributed by atoms with van der Waals surface area (Å²) in [6.45, 7) is 2.38. The van der Waals surface area contributed by atoms with Crippen molar-refractivity contribution in [2.45, 2.75) is 18.4 Å². The van der Waals surface area contributed by atoms with Crippen LogP contribution in [-0.4, -0.2) is 25.1 Å². The SMILES string of the molecule is Cc1ccc2c(c1)C(=NNC(=S)Nc1ccc(S(N)(=O)=O)cc1)C(=O)N2Cc1ccccc1. The number of thiocarbonyl (C=S) groups is 1. The van der Waals surface area contributed by atoms with Gasteiger partial charge in [0.05, 0.1) is 17.1 Å². The predicted octanol–water partition coefficient (Wildman–Crippen LogP) is 2.88. The van der Waals surface area contributed by atoms with Gasteiger partial charge in [-0.15, -0.1) is 0 Å². The Morgan fingerprint density at radius 2 is 1.76 bits per heavy atom. The van der Waals surface area contributed by atoms with Crippen molar-refractivity contribution in [2.24, 2.45) is 10.2 Å². The van der Waals surface area contributed by atoms with Crippen LogP contribution in [0, 0.1) is 6.92 Å². The summed E-state index contributed by atoms with van der Waals surface area (Å²) in [4.78, 5) is 14.9. The quantitative estimate of drug-likeness (QED) is 0.383. The van der Waals surface area contributed by atoms with Gasteiger partial charge < -0.3 is 10.2 Å². The molecule has 0 saturated heterocycles. The van der Waals surface area contributed by atoms with Gasteiger partial charge in [0.25, 0.3) is 5.91 Å². The number of nitrogens with zero attached hydrogens (tertiary/aromatic N) is 2. The van der Waals surface area contributed by atoms with E-state index in [-0.39, 0.29) is 21.6 Å². The molecule has 10 heteroatoms. The molecule has 168 valence electrons. The second kappa shape index (κ2) is 9.10. The van der Waals surface area contributed by atoms with Gasteiger partial charge in [0.1, 0.15) is 0 Å². The zero-order chi connectivity index (χ0) is 23.6. The lowest BCUT2D eigenvalue weighted by Gasteiger charge is -2.17. The van der Waals surface area contributed by atoms with Gasteiger partial charge in [-0.05, 0) is 61.1 Å². The monoisotopic (exact) mass is 479 g/mol. The minimum atomic E-state index is -3.78. The van der Waals surface area contributed by atoms with E-state index in [0.29, 0.717) is 12.2 Å². The molecule has 4 rings (SSSR count). The molecule has 0 atom stereocenters. The van der Waals surface area contributed by atoms with Crippen LogP contribution >= 0.6 is 12.2 Å². The van der Waals surface area contributed by atoms with Crippen molar-refractivity contribution in [1.29, 1.82) is 0 Å². The summed E-state index contributed by atoms with van der Waals surface area (Å²) < 4.78 is 22.8. The number of nitrogens with one attached hydrogen (secondary N) is 2. The molecule has 0 radical (unpaired) electrons. The number of primary sulfonamides is 1. The van der Waals surface area contributed by atoms with Gasteiger partial charge in [-0.2, -0.15) is 5.10 Å². The predicted molar refractivity (Wildman–Crippen MR) is 133 cm³/mol. The van der Waals surface area contributed by atoms with E-state index < -0.39 is 10.0 Å². The highest BCUT2D eigenvalue weighted by Crippen LogP contribution is 2.31. The third-order valence-corrected chi connectivity index (χ3v) is 6.16. The Kier molecular flexibility index (Phi) is 6.23. The number of hydrogen-bond donors (Lipinski definition) is 3. The molecule has 0 aliphatic carbocycles. The van der Waals surface area contributed by atoms with Gasteiger partial charge >= 0.3 is 0 Å². The highest BCUT2D eigenvalue weighted by molar-refractivity contribution is 7.89. The molecule has 8 nitrogen and oxygen atoms in total. The number of sulfonamides is 1. The van der Waals surface area contributed by atoms with Crippen LogP contribution in [0.3, 0.4) is 0 Å². The maximum absolute atomic E-state index is 13.2. The van der Waals surface area contributed by atoms with Crippen LogP contribution in [-0.2, 0) is 21.4 Å². The molecular formula is C23H21N5O3S2. The molecule has 0 saturated carbocycles. The van der Waals surface area contributed by atoms with E-state index in [1.807, 2.05) is 55.5 Å². The highest BCUT2D eigenvalue weighted by Gasteiger charge is 2.34. The van der Waals surface area contributed by atoms with Gasteiger partial charge in [0.15, 0.2) is 10.8 Å². The van der Waals surface area contributed by atoms with E-state index >= 15 is 0 Å². The van der Waals surface area contributed by atoms with Crippen molar-refractivity contribution in [3.8, 4) is 0 Å². The molecule has 1 amide bonds. The lowest BCUT2D eigenvalue weighted by atomic mass is 10.1. The smallest absolute Gasteiger partial charge is 0.279 e. The first-order chi connectivity index (χ1) is 15.7. The molecule has 3 aromatic rings. The number of rotatable bonds is 5. The number of fused-ring (bicyclic) bond motifs is 1. The number of benzene rings is 3. The van der Waals surface area contributed by atoms with Crippen LogP contribution in [0.4, 0.5) is 11.4 Å². The summed E-state index contributed by atoms with van der Waals surface area (Å²) in [6, 6.07) is 21.3. The zero-order valence-corrected chi connectivity index (χ0v) is 19.3. The molecule has 4 N–H and O–H groups in total. The first-order valence-corrected chi connectivity index (χ1v) is 11.9. The number of amides is 1. The Morgan fingerprint density at radius 1 is 1.06 bits per heavy atom. The summed E-state index contributed by atoms with van der Waals surface area (Å²) in [5.41, 5.74) is 7.04. The van der Waals surface area contributed by atoms with Crippen LogP contribution in [0.25, 0.3) is 0 Å². The summed E-state index contributed by atoms with van der Waals surface area (Å²) in [6.07, 6.45) is 0. The van der Waals surface area contributed by atoms with Crippen molar-refractivity contribution < 1.29 is 13.2 Å². The summed E-state index contributed by atoms with van der Waals surface area (Å²) in [5, 5.41) is 12.4. The Hall–Kier alpha value is -3.60. The molecule has 0 aromatic heterocycles. The number of anilines is 2. The number of carbonyl (C=O) groups excluding carboxylic acids is 1. The summed E-state index contributed by atoms with van der Waals surface area (Å²) >= 11 is 5.28. The molecular weight excluding hydrogens is 458 g/mol. The Labute approximate surface area is 197 Å². The fraction of sp³-hybridized carbons (Fsp3) is 0.0870. The molecule has 3 aromatic carbocycles. The van der Waals surface area contributed by atoms with E-state index in [0.717, 1.165) is 22.4 Å². The minimum absolute atomic E-state index is 0.00536. The van der Waals surface area contributed by atoms with E-state index in [1.165, 1.54) is 24.3 Å². The summed E-state index contributed by atoms with van der Waals surface area (Å²) in [5.74, 6) is -0.229. The first kappa shape index (κ1) is 22.6. The standard InChI is InChI=1S/C23H21N5O3S2/c1-15-7-12-20-19(13-15)21(22(29)28(20)14-16-5-3-2-4-6-16)26-27-23(32)25-17-8-10-18(11-9-17)33(24,30)31/h2-13H,14H2,1H3,(H2,24,30,31)(H2,25,27,32). The Morgan fingerprint density at radius 3 is 2.42 bits per heavy atom. The van der Waals surface area contributed by atoms with Gasteiger partial charge in [-0.25, -0.2) is 13.6 Å². The number of nitrogens with two attached hydrogens (primary N) is 1. The van der Waals surface area contributed by atoms with Gasteiger partial charge in [0, 0.05) is 11.3 Å². The third kappa shape index (κ3) is 5.08. The van der Waals surface area contributed by atoms with Crippen LogP contribution in [0.5, 0.6) is 0 Å². The van der Waals surface area contributed by atoms with Crippen LogP contribution in [0.15, 0.2) is 82.8 Å². The first-order valence-electron chi connectivity index (χ1n) is 9.97. The molecule has 1 heterocycles. The highest BCUT2D eigenvalue weighted by atomic mass is 32.2. The number of hydrogen-bond acceptors (Lipinski definition) is 5. The van der Waals surface area contributed by atoms with Gasteiger partial charge in [-0.3, -0.25) is 10.2 Å². The molecule has 0 spiro atoms. The molecule has 0 fully saturated rings. The third-order valence-electron chi connectivity index (χ3n) is 5.04. The van der Waals surface area contributed by atoms with E-state index in [9.17, 15) is 13.2 Å². The van der Waals surface area contributed by atoms with E-state index in [1.54, 1.807) is 4.90 Å². The van der Waals surface area contributed by atoms with Crippen molar-refractivity contribution in [3.63, 3.8) is 0 Å². The lowest BCUT2D eigenvalue weighted by molar-refractivity contribution is -0.112. The fourth-order valence-electron chi connectivity index (χ4n) is 3.45. The largest absolute Gasteiger partial charge is 0.331 e. The average Bonchev–Trinajstić information content (AvgIpc) is 3.03. The maximum Gasteiger partial charge on any atom is 0.279 e. The van der Waals surface area contributed by atoms with E-state index in [2.05, 4.69) is 15.8 Å². The van der Waals surface area contributed by atoms with Crippen molar-refractivity contribution in [1.82, 2.24) is 5.43 Å². The number of aryl methyl sites for hydroxylation is 1. The topological polar surface area (TPSA) is 117 Å². The molecule has 0 unspecified atom stereocenters. The lowest BCUT2D eigenvalue weighted by Crippen LogP contribution is -2.32. The molecule has 33 heavy (non-hydrogen) atoms. The summed E-state index contributed by atoms with van der Waals surface area (Å²) in [7, 11) is -3.78. The van der Waals surface area contributed by atoms with Crippen molar-refractivity contribution in [3.05, 3.63) is 89.5 Å². The van der Waals surface area contributed by atoms with E-state index in [4.69, 9.17) is 17.4 Å². The Balaban J connectivity index is 1.53. The van der Waals surface area contributed by atoms with Gasteiger partial charge in [-0.1, -0.05) is 42.0 Å². The average molecular weight is 480 g/mol. The number of carbonyl (C=O) groups is 1. The van der Waals surface area contributed by atoms with Crippen LogP contribution in [0.2, 0.25) is 0 Å². The zero-order valence-electron chi connectivity index (χ0n) is 17.6. The second-order valence-electron chi connectivity index (χ2n) is 7.49. The molecule has 1 aliphatic heterocycles. The van der Waals surface area contributed by atoms with Crippen molar-refractivity contribution in [2.75, 3.05) is 10.2 Å². The maximum atomic E-state index is 13.2. The second-order valence-corrected chi connectivity index (χ2v) is 9.46. The van der Waals surface area contributed by atoms with Crippen molar-refractivity contribution >= 4 is 50.3 Å².